The molecule has 1 aromatic heterocycles. The summed E-state index contributed by atoms with van der Waals surface area (Å²) in [6.07, 6.45) is 0. The average Bonchev–Trinajstić information content (AvgIpc) is 2.35. The third-order valence-corrected chi connectivity index (χ3v) is 2.06. The molecule has 0 radical (unpaired) electrons. The van der Waals surface area contributed by atoms with Gasteiger partial charge in [-0.05, 0) is 32.5 Å². The predicted octanol–water partition coefficient (Wildman–Crippen LogP) is 1.15. The molecule has 1 atom stereocenters. The van der Waals surface area contributed by atoms with E-state index >= 15 is 0 Å². The molecule has 0 saturated carbocycles. The maximum Gasteiger partial charge on any atom is 0.123 e. The Bertz CT molecular complexity index is 232. The Kier molecular flexibility index (Phi) is 2.89. The van der Waals surface area contributed by atoms with Crippen LogP contribution in [-0.4, -0.2) is 18.8 Å². The van der Waals surface area contributed by atoms with Gasteiger partial charge in [-0.25, -0.2) is 0 Å². The van der Waals surface area contributed by atoms with Gasteiger partial charge in [0.25, 0.3) is 0 Å². The summed E-state index contributed by atoms with van der Waals surface area (Å²) in [5, 5.41) is 11.9. The minimum atomic E-state index is -0.0857. The lowest BCUT2D eigenvalue weighted by molar-refractivity contribution is 0.232. The van der Waals surface area contributed by atoms with Crippen molar-refractivity contribution in [2.45, 2.75) is 19.9 Å². The monoisotopic (exact) mass is 169 g/mol. The third-order valence-electron chi connectivity index (χ3n) is 2.06. The van der Waals surface area contributed by atoms with Gasteiger partial charge in [0.1, 0.15) is 11.5 Å². The smallest absolute Gasteiger partial charge is 0.123 e. The topological polar surface area (TPSA) is 45.4 Å². The van der Waals surface area contributed by atoms with Crippen molar-refractivity contribution >= 4 is 0 Å². The van der Waals surface area contributed by atoms with Crippen LogP contribution in [0.1, 0.15) is 23.1 Å². The number of nitrogens with one attached hydrogen (secondary N) is 1. The molecule has 1 unspecified atom stereocenters. The van der Waals surface area contributed by atoms with Crippen molar-refractivity contribution in [2.24, 2.45) is 0 Å². The number of aryl methyl sites for hydroxylation is 2. The van der Waals surface area contributed by atoms with Crippen LogP contribution in [0.5, 0.6) is 0 Å². The van der Waals surface area contributed by atoms with E-state index in [4.69, 9.17) is 9.52 Å². The molecule has 12 heavy (non-hydrogen) atoms. The second kappa shape index (κ2) is 3.74. The SMILES string of the molecule is CNC(CO)c1cc(C)c(C)o1. The number of furan rings is 1. The summed E-state index contributed by atoms with van der Waals surface area (Å²) < 4.78 is 5.44. The molecular weight excluding hydrogens is 154 g/mol. The van der Waals surface area contributed by atoms with Gasteiger partial charge in [-0.3, -0.25) is 0 Å². The lowest BCUT2D eigenvalue weighted by atomic mass is 10.2. The minimum Gasteiger partial charge on any atom is -0.464 e. The summed E-state index contributed by atoms with van der Waals surface area (Å²) >= 11 is 0. The summed E-state index contributed by atoms with van der Waals surface area (Å²) in [7, 11) is 1.80. The van der Waals surface area contributed by atoms with Crippen molar-refractivity contribution < 1.29 is 9.52 Å². The number of rotatable bonds is 3. The van der Waals surface area contributed by atoms with Crippen molar-refractivity contribution in [3.63, 3.8) is 0 Å². The Balaban J connectivity index is 2.86. The molecule has 68 valence electrons. The quantitative estimate of drug-likeness (QED) is 0.713. The molecule has 0 bridgehead atoms. The van der Waals surface area contributed by atoms with E-state index in [1.165, 1.54) is 0 Å². The van der Waals surface area contributed by atoms with Crippen molar-refractivity contribution in [3.8, 4) is 0 Å². The van der Waals surface area contributed by atoms with Gasteiger partial charge >= 0.3 is 0 Å². The van der Waals surface area contributed by atoms with E-state index in [-0.39, 0.29) is 12.6 Å². The standard InChI is InChI=1S/C9H15NO2/c1-6-4-9(12-7(6)2)8(5-11)10-3/h4,8,10-11H,5H2,1-3H3. The minimum absolute atomic E-state index is 0.0584. The second-order valence-corrected chi connectivity index (χ2v) is 2.91. The molecule has 0 spiro atoms. The fourth-order valence-corrected chi connectivity index (χ4v) is 1.10. The molecule has 0 saturated heterocycles. The van der Waals surface area contributed by atoms with Crippen molar-refractivity contribution in [3.05, 3.63) is 23.2 Å². The van der Waals surface area contributed by atoms with Gasteiger partial charge < -0.3 is 14.8 Å². The summed E-state index contributed by atoms with van der Waals surface area (Å²) in [5.74, 6) is 1.72. The molecule has 3 nitrogen and oxygen atoms in total. The molecule has 1 heterocycles. The molecule has 0 aliphatic heterocycles. The zero-order valence-corrected chi connectivity index (χ0v) is 7.72. The van der Waals surface area contributed by atoms with Gasteiger partial charge in [0.05, 0.1) is 12.6 Å². The Hall–Kier alpha value is -0.800. The van der Waals surface area contributed by atoms with Gasteiger partial charge in [0.2, 0.25) is 0 Å². The molecule has 1 rings (SSSR count). The van der Waals surface area contributed by atoms with E-state index in [0.717, 1.165) is 17.1 Å². The summed E-state index contributed by atoms with van der Waals surface area (Å²) in [4.78, 5) is 0. The first-order valence-corrected chi connectivity index (χ1v) is 4.04. The predicted molar refractivity (Wildman–Crippen MR) is 47.1 cm³/mol. The molecule has 1 aromatic rings. The van der Waals surface area contributed by atoms with E-state index in [1.54, 1.807) is 7.05 Å². The van der Waals surface area contributed by atoms with Crippen LogP contribution in [0.4, 0.5) is 0 Å². The maximum atomic E-state index is 8.96. The molecule has 2 N–H and O–H groups in total. The molecule has 0 aromatic carbocycles. The van der Waals surface area contributed by atoms with Crippen LogP contribution in [0.2, 0.25) is 0 Å². The molecule has 0 aliphatic rings. The number of aliphatic hydroxyl groups is 1. The maximum absolute atomic E-state index is 8.96. The zero-order chi connectivity index (χ0) is 9.14. The Morgan fingerprint density at radius 1 is 1.58 bits per heavy atom. The summed E-state index contributed by atoms with van der Waals surface area (Å²) in [6, 6.07) is 1.87. The van der Waals surface area contributed by atoms with E-state index in [1.807, 2.05) is 19.9 Å². The fraction of sp³-hybridized carbons (Fsp3) is 0.556. The van der Waals surface area contributed by atoms with E-state index in [9.17, 15) is 0 Å². The van der Waals surface area contributed by atoms with E-state index in [0.29, 0.717) is 0 Å². The van der Waals surface area contributed by atoms with Gasteiger partial charge in [0.15, 0.2) is 0 Å². The molecule has 3 heteroatoms. The first kappa shape index (κ1) is 9.29. The van der Waals surface area contributed by atoms with Crippen LogP contribution in [0.3, 0.4) is 0 Å². The van der Waals surface area contributed by atoms with Crippen LogP contribution >= 0.6 is 0 Å². The van der Waals surface area contributed by atoms with Crippen LogP contribution < -0.4 is 5.32 Å². The highest BCUT2D eigenvalue weighted by Gasteiger charge is 2.12. The Morgan fingerprint density at radius 3 is 2.58 bits per heavy atom. The number of hydrogen-bond donors (Lipinski definition) is 2. The number of hydrogen-bond acceptors (Lipinski definition) is 3. The fourth-order valence-electron chi connectivity index (χ4n) is 1.10. The molecular formula is C9H15NO2. The van der Waals surface area contributed by atoms with E-state index < -0.39 is 0 Å². The van der Waals surface area contributed by atoms with Crippen LogP contribution in [0, 0.1) is 13.8 Å². The highest BCUT2D eigenvalue weighted by molar-refractivity contribution is 5.20. The van der Waals surface area contributed by atoms with Crippen molar-refractivity contribution in [1.29, 1.82) is 0 Å². The summed E-state index contributed by atoms with van der Waals surface area (Å²) in [6.45, 7) is 3.97. The van der Waals surface area contributed by atoms with Crippen molar-refractivity contribution in [1.82, 2.24) is 5.32 Å². The average molecular weight is 169 g/mol. The number of aliphatic hydroxyl groups excluding tert-OH is 1. The van der Waals surface area contributed by atoms with Gasteiger partial charge in [-0.15, -0.1) is 0 Å². The largest absolute Gasteiger partial charge is 0.464 e. The summed E-state index contributed by atoms with van der Waals surface area (Å²) in [5.41, 5.74) is 1.12. The Morgan fingerprint density at radius 2 is 2.25 bits per heavy atom. The molecule has 0 aliphatic carbocycles. The van der Waals surface area contributed by atoms with Crippen LogP contribution in [0.15, 0.2) is 10.5 Å². The zero-order valence-electron chi connectivity index (χ0n) is 7.72. The van der Waals surface area contributed by atoms with Gasteiger partial charge in [-0.1, -0.05) is 0 Å². The highest BCUT2D eigenvalue weighted by Crippen LogP contribution is 2.19. The second-order valence-electron chi connectivity index (χ2n) is 2.91. The van der Waals surface area contributed by atoms with E-state index in [2.05, 4.69) is 5.32 Å². The van der Waals surface area contributed by atoms with Gasteiger partial charge in [0, 0.05) is 0 Å². The number of likely N-dealkylation sites (N-methyl/N-ethyl adjacent to an activating group) is 1. The van der Waals surface area contributed by atoms with Gasteiger partial charge in [-0.2, -0.15) is 0 Å². The lowest BCUT2D eigenvalue weighted by Gasteiger charge is -2.08. The Labute approximate surface area is 72.4 Å². The van der Waals surface area contributed by atoms with Crippen LogP contribution in [0.25, 0.3) is 0 Å². The lowest BCUT2D eigenvalue weighted by Crippen LogP contribution is -2.19. The van der Waals surface area contributed by atoms with Crippen molar-refractivity contribution in [2.75, 3.05) is 13.7 Å². The first-order chi connectivity index (χ1) is 5.69. The molecule has 0 amide bonds. The first-order valence-electron chi connectivity index (χ1n) is 4.04. The highest BCUT2D eigenvalue weighted by atomic mass is 16.3. The van der Waals surface area contributed by atoms with Crippen LogP contribution in [-0.2, 0) is 0 Å². The third kappa shape index (κ3) is 1.68. The normalized spacial score (nSPS) is 13.3. The molecule has 0 fully saturated rings.